The molecule has 106 valence electrons. The van der Waals surface area contributed by atoms with Crippen molar-refractivity contribution in [3.63, 3.8) is 0 Å². The van der Waals surface area contributed by atoms with E-state index in [0.717, 1.165) is 19.3 Å². The predicted molar refractivity (Wildman–Crippen MR) is 74.3 cm³/mol. The van der Waals surface area contributed by atoms with Gasteiger partial charge in [0.25, 0.3) is 0 Å². The summed E-state index contributed by atoms with van der Waals surface area (Å²) in [5.41, 5.74) is 5.78. The molecule has 0 aliphatic heterocycles. The number of hydrogen-bond donors (Lipinski definition) is 2. The SMILES string of the molecule is CC(Cn1cccn1)NC(=O)C1CCCCC1CN. The smallest absolute Gasteiger partial charge is 0.223 e. The molecule has 0 aromatic carbocycles. The van der Waals surface area contributed by atoms with Crippen molar-refractivity contribution in [2.45, 2.75) is 45.2 Å². The molecule has 3 unspecified atom stereocenters. The van der Waals surface area contributed by atoms with Crippen LogP contribution >= 0.6 is 0 Å². The van der Waals surface area contributed by atoms with E-state index < -0.39 is 0 Å². The highest BCUT2D eigenvalue weighted by molar-refractivity contribution is 5.79. The minimum Gasteiger partial charge on any atom is -0.352 e. The Morgan fingerprint density at radius 1 is 1.53 bits per heavy atom. The molecule has 3 N–H and O–H groups in total. The fraction of sp³-hybridized carbons (Fsp3) is 0.714. The molecule has 0 radical (unpaired) electrons. The summed E-state index contributed by atoms with van der Waals surface area (Å²) >= 11 is 0. The molecular weight excluding hydrogens is 240 g/mol. The van der Waals surface area contributed by atoms with Crippen molar-refractivity contribution >= 4 is 5.91 Å². The Bertz CT molecular complexity index is 390. The average molecular weight is 264 g/mol. The molecule has 0 spiro atoms. The van der Waals surface area contributed by atoms with Gasteiger partial charge < -0.3 is 11.1 Å². The number of aromatic nitrogens is 2. The van der Waals surface area contributed by atoms with E-state index in [4.69, 9.17) is 5.73 Å². The van der Waals surface area contributed by atoms with Crippen LogP contribution in [0.5, 0.6) is 0 Å². The quantitative estimate of drug-likeness (QED) is 0.838. The van der Waals surface area contributed by atoms with E-state index in [1.54, 1.807) is 6.20 Å². The largest absolute Gasteiger partial charge is 0.352 e. The molecule has 2 rings (SSSR count). The normalized spacial score (nSPS) is 24.9. The number of nitrogens with zero attached hydrogens (tertiary/aromatic N) is 2. The fourth-order valence-electron chi connectivity index (χ4n) is 2.92. The first-order chi connectivity index (χ1) is 9.20. The van der Waals surface area contributed by atoms with Crippen LogP contribution in [0.1, 0.15) is 32.6 Å². The van der Waals surface area contributed by atoms with Crippen LogP contribution in [0.15, 0.2) is 18.5 Å². The average Bonchev–Trinajstić information content (AvgIpc) is 2.91. The Labute approximate surface area is 114 Å². The zero-order chi connectivity index (χ0) is 13.7. The monoisotopic (exact) mass is 264 g/mol. The summed E-state index contributed by atoms with van der Waals surface area (Å²) in [6.07, 6.45) is 8.06. The second-order valence-electron chi connectivity index (χ2n) is 5.52. The van der Waals surface area contributed by atoms with Gasteiger partial charge in [-0.2, -0.15) is 5.10 Å². The zero-order valence-electron chi connectivity index (χ0n) is 11.6. The van der Waals surface area contributed by atoms with E-state index in [1.165, 1.54) is 6.42 Å². The van der Waals surface area contributed by atoms with Crippen molar-refractivity contribution in [3.8, 4) is 0 Å². The summed E-state index contributed by atoms with van der Waals surface area (Å²) in [4.78, 5) is 12.3. The lowest BCUT2D eigenvalue weighted by atomic mass is 9.78. The predicted octanol–water partition coefficient (Wildman–Crippen LogP) is 1.15. The number of nitrogens with two attached hydrogens (primary N) is 1. The molecule has 1 aliphatic rings. The minimum absolute atomic E-state index is 0.0905. The molecule has 1 aromatic rings. The Balaban J connectivity index is 1.85. The van der Waals surface area contributed by atoms with E-state index in [1.807, 2.05) is 23.9 Å². The van der Waals surface area contributed by atoms with E-state index in [-0.39, 0.29) is 17.9 Å². The van der Waals surface area contributed by atoms with Gasteiger partial charge >= 0.3 is 0 Å². The maximum absolute atomic E-state index is 12.3. The van der Waals surface area contributed by atoms with Crippen LogP contribution < -0.4 is 11.1 Å². The van der Waals surface area contributed by atoms with Crippen molar-refractivity contribution < 1.29 is 4.79 Å². The van der Waals surface area contributed by atoms with Crippen molar-refractivity contribution in [1.29, 1.82) is 0 Å². The van der Waals surface area contributed by atoms with Gasteiger partial charge in [0.2, 0.25) is 5.91 Å². The highest BCUT2D eigenvalue weighted by atomic mass is 16.2. The number of hydrogen-bond acceptors (Lipinski definition) is 3. The maximum atomic E-state index is 12.3. The molecule has 5 nitrogen and oxygen atoms in total. The summed E-state index contributed by atoms with van der Waals surface area (Å²) in [7, 11) is 0. The first kappa shape index (κ1) is 14.1. The van der Waals surface area contributed by atoms with Crippen LogP contribution in [0.25, 0.3) is 0 Å². The third-order valence-corrected chi connectivity index (χ3v) is 3.96. The van der Waals surface area contributed by atoms with Crippen molar-refractivity contribution in [1.82, 2.24) is 15.1 Å². The van der Waals surface area contributed by atoms with Gasteiger partial charge in [-0.25, -0.2) is 0 Å². The van der Waals surface area contributed by atoms with Gasteiger partial charge in [0, 0.05) is 24.4 Å². The van der Waals surface area contributed by atoms with Gasteiger partial charge in [-0.15, -0.1) is 0 Å². The summed E-state index contributed by atoms with van der Waals surface area (Å²) in [6.45, 7) is 3.34. The first-order valence-electron chi connectivity index (χ1n) is 7.18. The van der Waals surface area contributed by atoms with Crippen LogP contribution in [0.2, 0.25) is 0 Å². The van der Waals surface area contributed by atoms with Gasteiger partial charge in [-0.05, 0) is 38.3 Å². The van der Waals surface area contributed by atoms with Gasteiger partial charge in [0.1, 0.15) is 0 Å². The summed E-state index contributed by atoms with van der Waals surface area (Å²) < 4.78 is 1.84. The highest BCUT2D eigenvalue weighted by Gasteiger charge is 2.30. The Kier molecular flexibility index (Phi) is 4.96. The lowest BCUT2D eigenvalue weighted by Crippen LogP contribution is -2.44. The second kappa shape index (κ2) is 6.70. The lowest BCUT2D eigenvalue weighted by molar-refractivity contribution is -0.128. The molecule has 0 saturated heterocycles. The molecular formula is C14H24N4O. The first-order valence-corrected chi connectivity index (χ1v) is 7.18. The van der Waals surface area contributed by atoms with Crippen molar-refractivity contribution in [2.75, 3.05) is 6.54 Å². The third kappa shape index (κ3) is 3.80. The number of carbonyl (C=O) groups excluding carboxylic acids is 1. The number of carbonyl (C=O) groups is 1. The van der Waals surface area contributed by atoms with E-state index >= 15 is 0 Å². The summed E-state index contributed by atoms with van der Waals surface area (Å²) in [6, 6.07) is 1.98. The molecule has 1 fully saturated rings. The van der Waals surface area contributed by atoms with Crippen LogP contribution in [-0.2, 0) is 11.3 Å². The number of amides is 1. The maximum Gasteiger partial charge on any atom is 0.223 e. The molecule has 1 amide bonds. The van der Waals surface area contributed by atoms with Gasteiger partial charge in [0.05, 0.1) is 6.54 Å². The molecule has 1 aromatic heterocycles. The van der Waals surface area contributed by atoms with Crippen LogP contribution in [0, 0.1) is 11.8 Å². The standard InChI is InChI=1S/C14H24N4O/c1-11(10-18-8-4-7-16-18)17-14(19)13-6-3-2-5-12(13)9-15/h4,7-8,11-13H,2-3,5-6,9-10,15H2,1H3,(H,17,19). The molecule has 1 saturated carbocycles. The van der Waals surface area contributed by atoms with Gasteiger partial charge in [-0.1, -0.05) is 12.8 Å². The van der Waals surface area contributed by atoms with E-state index in [9.17, 15) is 4.79 Å². The third-order valence-electron chi connectivity index (χ3n) is 3.96. The molecule has 1 aliphatic carbocycles. The van der Waals surface area contributed by atoms with E-state index in [0.29, 0.717) is 19.0 Å². The van der Waals surface area contributed by atoms with E-state index in [2.05, 4.69) is 10.4 Å². The minimum atomic E-state index is 0.0905. The summed E-state index contributed by atoms with van der Waals surface area (Å²) in [5.74, 6) is 0.610. The number of nitrogens with one attached hydrogen (secondary N) is 1. The number of rotatable bonds is 5. The van der Waals surface area contributed by atoms with Gasteiger partial charge in [0.15, 0.2) is 0 Å². The molecule has 1 heterocycles. The Morgan fingerprint density at radius 3 is 3.00 bits per heavy atom. The van der Waals surface area contributed by atoms with Crippen molar-refractivity contribution in [3.05, 3.63) is 18.5 Å². The molecule has 5 heteroatoms. The molecule has 19 heavy (non-hydrogen) atoms. The van der Waals surface area contributed by atoms with Crippen LogP contribution in [-0.4, -0.2) is 28.3 Å². The van der Waals surface area contributed by atoms with Crippen LogP contribution in [0.3, 0.4) is 0 Å². The lowest BCUT2D eigenvalue weighted by Gasteiger charge is -2.30. The summed E-state index contributed by atoms with van der Waals surface area (Å²) in [5, 5.41) is 7.25. The van der Waals surface area contributed by atoms with Gasteiger partial charge in [-0.3, -0.25) is 9.48 Å². The zero-order valence-corrected chi connectivity index (χ0v) is 11.6. The second-order valence-corrected chi connectivity index (χ2v) is 5.52. The van der Waals surface area contributed by atoms with Crippen LogP contribution in [0.4, 0.5) is 0 Å². The Hall–Kier alpha value is -1.36. The fourth-order valence-corrected chi connectivity index (χ4v) is 2.92. The molecule has 0 bridgehead atoms. The van der Waals surface area contributed by atoms with Crippen molar-refractivity contribution in [2.24, 2.45) is 17.6 Å². The molecule has 3 atom stereocenters. The topological polar surface area (TPSA) is 72.9 Å². The highest BCUT2D eigenvalue weighted by Crippen LogP contribution is 2.29. The Morgan fingerprint density at radius 2 is 2.32 bits per heavy atom.